The zero-order chi connectivity index (χ0) is 15.0. The molecule has 0 bridgehead atoms. The van der Waals surface area contributed by atoms with Gasteiger partial charge >= 0.3 is 7.12 Å². The fourth-order valence-corrected chi connectivity index (χ4v) is 1.86. The van der Waals surface area contributed by atoms with Crippen LogP contribution in [0.2, 0.25) is 0 Å². The van der Waals surface area contributed by atoms with Gasteiger partial charge in [0, 0.05) is 6.07 Å². The fourth-order valence-electron chi connectivity index (χ4n) is 1.86. The van der Waals surface area contributed by atoms with Gasteiger partial charge in [-0.15, -0.1) is 0 Å². The Balaban J connectivity index is 2.16. The first-order chi connectivity index (χ1) is 9.25. The molecule has 108 valence electrons. The first kappa shape index (κ1) is 15.0. The van der Waals surface area contributed by atoms with Gasteiger partial charge in [-0.3, -0.25) is 0 Å². The summed E-state index contributed by atoms with van der Waals surface area (Å²) in [5, 5.41) is 0. The van der Waals surface area contributed by atoms with Crippen LogP contribution in [0.3, 0.4) is 0 Å². The Morgan fingerprint density at radius 2 is 1.85 bits per heavy atom. The van der Waals surface area contributed by atoms with E-state index in [2.05, 4.69) is 4.98 Å². The molecule has 0 saturated carbocycles. The number of hydrogen-bond acceptors (Lipinski definition) is 4. The van der Waals surface area contributed by atoms with Gasteiger partial charge in [-0.1, -0.05) is 5.98 Å². The lowest BCUT2D eigenvalue weighted by molar-refractivity contribution is 0.00578. The first-order valence-corrected chi connectivity index (χ1v) is 6.48. The van der Waals surface area contributed by atoms with Gasteiger partial charge in [0.15, 0.2) is 0 Å². The van der Waals surface area contributed by atoms with Crippen LogP contribution in [0.15, 0.2) is 18.2 Å². The predicted octanol–water partition coefficient (Wildman–Crippen LogP) is 2.87. The fraction of sp³-hybridized carbons (Fsp3) is 0.500. The lowest BCUT2D eigenvalue weighted by Crippen LogP contribution is -2.41. The van der Waals surface area contributed by atoms with E-state index in [0.717, 1.165) is 6.20 Å². The number of methoxy groups -OCH3 is 1. The van der Waals surface area contributed by atoms with Crippen LogP contribution in [0.1, 0.15) is 33.4 Å². The van der Waals surface area contributed by atoms with Crippen molar-refractivity contribution >= 4 is 13.2 Å². The molecule has 1 aromatic rings. The molecule has 0 atom stereocenters. The molecule has 1 fully saturated rings. The maximum atomic E-state index is 13.1. The molecule has 1 saturated heterocycles. The second-order valence-corrected chi connectivity index (χ2v) is 5.72. The Hall–Kier alpha value is -1.40. The summed E-state index contributed by atoms with van der Waals surface area (Å²) in [5.74, 6) is 1.69. The maximum Gasteiger partial charge on any atom is 0.487 e. The molecule has 2 rings (SSSR count). The topological polar surface area (TPSA) is 40.6 Å². The molecule has 2 heterocycles. The Kier molecular flexibility index (Phi) is 3.89. The van der Waals surface area contributed by atoms with Gasteiger partial charge in [-0.25, -0.2) is 9.37 Å². The number of ether oxygens (including phenoxy) is 1. The van der Waals surface area contributed by atoms with Gasteiger partial charge in [0.1, 0.15) is 17.3 Å². The second kappa shape index (κ2) is 5.18. The number of rotatable bonds is 3. The van der Waals surface area contributed by atoms with Gasteiger partial charge in [0.05, 0.1) is 24.5 Å². The molecule has 0 amide bonds. The van der Waals surface area contributed by atoms with E-state index in [0.29, 0.717) is 11.4 Å². The Bertz CT molecular complexity index is 515. The zero-order valence-corrected chi connectivity index (χ0v) is 12.4. The molecular weight excluding hydrogens is 260 g/mol. The van der Waals surface area contributed by atoms with E-state index < -0.39 is 12.9 Å². The van der Waals surface area contributed by atoms with Crippen LogP contribution in [-0.4, -0.2) is 30.4 Å². The molecule has 1 aromatic heterocycles. The summed E-state index contributed by atoms with van der Waals surface area (Å²) in [4.78, 5) is 3.98. The van der Waals surface area contributed by atoms with Crippen molar-refractivity contribution in [1.82, 2.24) is 4.98 Å². The van der Waals surface area contributed by atoms with E-state index in [9.17, 15) is 4.39 Å². The van der Waals surface area contributed by atoms with E-state index in [-0.39, 0.29) is 11.2 Å². The van der Waals surface area contributed by atoms with E-state index in [4.69, 9.17) is 14.0 Å². The molecule has 4 nitrogen and oxygen atoms in total. The van der Waals surface area contributed by atoms with Crippen LogP contribution in [0.25, 0.3) is 6.08 Å². The average molecular weight is 279 g/mol. The highest BCUT2D eigenvalue weighted by atomic mass is 19.1. The minimum absolute atomic E-state index is 0.373. The van der Waals surface area contributed by atoms with Crippen LogP contribution in [0.4, 0.5) is 4.39 Å². The van der Waals surface area contributed by atoms with E-state index >= 15 is 0 Å². The molecule has 0 spiro atoms. The summed E-state index contributed by atoms with van der Waals surface area (Å²) < 4.78 is 29.8. The van der Waals surface area contributed by atoms with Crippen molar-refractivity contribution in [2.45, 2.75) is 38.9 Å². The molecule has 0 unspecified atom stereocenters. The Morgan fingerprint density at radius 3 is 2.40 bits per heavy atom. The summed E-state index contributed by atoms with van der Waals surface area (Å²) in [7, 11) is 1.01. The standard InChI is InChI=1S/C14H19BFNO3/c1-13(2)14(3,4)20-15(19-13)7-6-11-12(18-5)8-10(16)9-17-11/h6-9H,1-5H3/b7-6+. The SMILES string of the molecule is COc1cc(F)cnc1/C=C/B1OC(C)(C)C(C)(C)O1. The first-order valence-electron chi connectivity index (χ1n) is 6.48. The minimum Gasteiger partial charge on any atom is -0.494 e. The highest BCUT2D eigenvalue weighted by Crippen LogP contribution is 2.37. The van der Waals surface area contributed by atoms with Crippen LogP contribution in [0, 0.1) is 5.82 Å². The number of pyridine rings is 1. The molecule has 0 N–H and O–H groups in total. The lowest BCUT2D eigenvalue weighted by atomic mass is 9.89. The van der Waals surface area contributed by atoms with Crippen molar-refractivity contribution in [2.24, 2.45) is 0 Å². The summed E-state index contributed by atoms with van der Waals surface area (Å²) >= 11 is 0. The maximum absolute atomic E-state index is 13.1. The summed E-state index contributed by atoms with van der Waals surface area (Å²) in [5.41, 5.74) is -0.242. The number of hydrogen-bond donors (Lipinski definition) is 0. The highest BCUT2D eigenvalue weighted by molar-refractivity contribution is 6.52. The smallest absolute Gasteiger partial charge is 0.487 e. The van der Waals surface area contributed by atoms with Crippen molar-refractivity contribution < 1.29 is 18.4 Å². The Labute approximate surface area is 119 Å². The largest absolute Gasteiger partial charge is 0.494 e. The monoisotopic (exact) mass is 279 g/mol. The van der Waals surface area contributed by atoms with Crippen LogP contribution in [-0.2, 0) is 9.31 Å². The van der Waals surface area contributed by atoms with Crippen molar-refractivity contribution in [2.75, 3.05) is 7.11 Å². The molecule has 0 aliphatic carbocycles. The third-order valence-electron chi connectivity index (χ3n) is 3.75. The van der Waals surface area contributed by atoms with E-state index in [1.54, 1.807) is 12.1 Å². The molecule has 1 aliphatic rings. The highest BCUT2D eigenvalue weighted by Gasteiger charge is 2.50. The predicted molar refractivity (Wildman–Crippen MR) is 75.9 cm³/mol. The van der Waals surface area contributed by atoms with Crippen LogP contribution < -0.4 is 4.74 Å². The summed E-state index contributed by atoms with van der Waals surface area (Å²) in [6, 6.07) is 1.29. The van der Waals surface area contributed by atoms with Crippen LogP contribution >= 0.6 is 0 Å². The number of aromatic nitrogens is 1. The average Bonchev–Trinajstić information content (AvgIpc) is 2.56. The van der Waals surface area contributed by atoms with Crippen molar-refractivity contribution in [3.05, 3.63) is 29.7 Å². The molecular formula is C14H19BFNO3. The van der Waals surface area contributed by atoms with Crippen LogP contribution in [0.5, 0.6) is 5.75 Å². The number of halogens is 1. The van der Waals surface area contributed by atoms with Gasteiger partial charge in [-0.2, -0.15) is 0 Å². The Morgan fingerprint density at radius 1 is 1.25 bits per heavy atom. The van der Waals surface area contributed by atoms with Crippen molar-refractivity contribution in [1.29, 1.82) is 0 Å². The lowest BCUT2D eigenvalue weighted by Gasteiger charge is -2.32. The zero-order valence-electron chi connectivity index (χ0n) is 12.4. The van der Waals surface area contributed by atoms with Gasteiger partial charge < -0.3 is 14.0 Å². The van der Waals surface area contributed by atoms with Crippen molar-refractivity contribution in [3.63, 3.8) is 0 Å². The molecule has 6 heteroatoms. The number of nitrogens with zero attached hydrogens (tertiary/aromatic N) is 1. The van der Waals surface area contributed by atoms with Crippen molar-refractivity contribution in [3.8, 4) is 5.75 Å². The molecule has 0 radical (unpaired) electrons. The van der Waals surface area contributed by atoms with Gasteiger partial charge in [0.25, 0.3) is 0 Å². The minimum atomic E-state index is -0.462. The quantitative estimate of drug-likeness (QED) is 0.798. The van der Waals surface area contributed by atoms with Gasteiger partial charge in [-0.05, 0) is 33.8 Å². The summed E-state index contributed by atoms with van der Waals surface area (Å²) in [6.45, 7) is 7.93. The second-order valence-electron chi connectivity index (χ2n) is 5.72. The van der Waals surface area contributed by atoms with E-state index in [1.807, 2.05) is 27.7 Å². The normalized spacial score (nSPS) is 20.6. The molecule has 20 heavy (non-hydrogen) atoms. The summed E-state index contributed by atoms with van der Waals surface area (Å²) in [6.07, 6.45) is 2.85. The molecule has 0 aromatic carbocycles. The van der Waals surface area contributed by atoms with E-state index in [1.165, 1.54) is 13.2 Å². The van der Waals surface area contributed by atoms with Gasteiger partial charge in [0.2, 0.25) is 0 Å². The third kappa shape index (κ3) is 2.86. The molecule has 1 aliphatic heterocycles. The third-order valence-corrected chi connectivity index (χ3v) is 3.75.